The molecule has 0 heterocycles. The molecular weight excluding hydrogens is 273 g/mol. The van der Waals surface area contributed by atoms with Crippen LogP contribution in [0, 0.1) is 11.7 Å². The van der Waals surface area contributed by atoms with Crippen molar-refractivity contribution < 1.29 is 14.4 Å². The number of amidine groups is 1. The van der Waals surface area contributed by atoms with Crippen molar-refractivity contribution in [1.29, 1.82) is 0 Å². The predicted octanol–water partition coefficient (Wildman–Crippen LogP) is 2.58. The van der Waals surface area contributed by atoms with E-state index in [-0.39, 0.29) is 16.5 Å². The number of carbonyl (C=O) groups excluding carboxylic acids is 1. The van der Waals surface area contributed by atoms with Gasteiger partial charge in [0.15, 0.2) is 5.84 Å². The summed E-state index contributed by atoms with van der Waals surface area (Å²) in [4.78, 5) is 12.0. The van der Waals surface area contributed by atoms with E-state index in [1.54, 1.807) is 0 Å². The summed E-state index contributed by atoms with van der Waals surface area (Å²) >= 11 is 5.80. The fourth-order valence-electron chi connectivity index (χ4n) is 1.60. The number of nitrogens with zero attached hydrogens (tertiary/aromatic N) is 1. The van der Waals surface area contributed by atoms with E-state index in [2.05, 4.69) is 10.5 Å². The van der Waals surface area contributed by atoms with Gasteiger partial charge in [-0.25, -0.2) is 4.39 Å². The minimum Gasteiger partial charge on any atom is -0.409 e. The molecule has 0 aliphatic rings. The highest BCUT2D eigenvalue weighted by Gasteiger charge is 2.24. The number of oxime groups is 1. The van der Waals surface area contributed by atoms with E-state index < -0.39 is 17.6 Å². The van der Waals surface area contributed by atoms with E-state index in [0.29, 0.717) is 12.8 Å². The van der Waals surface area contributed by atoms with Gasteiger partial charge < -0.3 is 16.3 Å². The lowest BCUT2D eigenvalue weighted by atomic mass is 10.0. The van der Waals surface area contributed by atoms with Crippen LogP contribution in [0.3, 0.4) is 0 Å². The third-order valence-corrected chi connectivity index (χ3v) is 2.89. The van der Waals surface area contributed by atoms with Gasteiger partial charge in [0.05, 0.1) is 16.6 Å². The van der Waals surface area contributed by atoms with Crippen LogP contribution >= 0.6 is 11.6 Å². The Bertz CT molecular complexity index is 474. The van der Waals surface area contributed by atoms with Gasteiger partial charge in [0, 0.05) is 0 Å². The van der Waals surface area contributed by atoms with E-state index in [1.807, 2.05) is 6.92 Å². The molecule has 0 fully saturated rings. The highest BCUT2D eigenvalue weighted by atomic mass is 35.5. The highest BCUT2D eigenvalue weighted by Crippen LogP contribution is 2.25. The van der Waals surface area contributed by atoms with Crippen LogP contribution in [-0.4, -0.2) is 17.0 Å². The van der Waals surface area contributed by atoms with Crippen LogP contribution in [0.15, 0.2) is 23.4 Å². The number of benzene rings is 1. The maximum absolute atomic E-state index is 13.5. The van der Waals surface area contributed by atoms with Crippen molar-refractivity contribution in [3.63, 3.8) is 0 Å². The molecule has 1 rings (SSSR count). The molecule has 0 spiro atoms. The molecule has 0 aliphatic carbocycles. The second-order valence-corrected chi connectivity index (χ2v) is 4.36. The highest BCUT2D eigenvalue weighted by molar-refractivity contribution is 6.33. The maximum Gasteiger partial charge on any atom is 0.235 e. The number of carbonyl (C=O) groups is 1. The number of rotatable bonds is 5. The second-order valence-electron chi connectivity index (χ2n) is 3.95. The number of halogens is 2. The van der Waals surface area contributed by atoms with Crippen LogP contribution < -0.4 is 11.1 Å². The third kappa shape index (κ3) is 3.82. The summed E-state index contributed by atoms with van der Waals surface area (Å²) in [5, 5.41) is 13.9. The van der Waals surface area contributed by atoms with Crippen molar-refractivity contribution in [2.75, 3.05) is 5.32 Å². The molecule has 0 saturated carbocycles. The molecule has 4 N–H and O–H groups in total. The van der Waals surface area contributed by atoms with Crippen molar-refractivity contribution >= 4 is 29.0 Å². The van der Waals surface area contributed by atoms with E-state index in [9.17, 15) is 9.18 Å². The van der Waals surface area contributed by atoms with Crippen LogP contribution in [0.2, 0.25) is 5.02 Å². The Hall–Kier alpha value is -1.82. The largest absolute Gasteiger partial charge is 0.409 e. The normalized spacial score (nSPS) is 13.1. The summed E-state index contributed by atoms with van der Waals surface area (Å²) in [5.74, 6) is -2.25. The average Bonchev–Trinajstić information content (AvgIpc) is 2.39. The zero-order valence-electron chi connectivity index (χ0n) is 10.4. The number of nitrogens with one attached hydrogen (secondary N) is 1. The maximum atomic E-state index is 13.5. The van der Waals surface area contributed by atoms with Crippen LogP contribution in [0.1, 0.15) is 19.8 Å². The second kappa shape index (κ2) is 6.94. The summed E-state index contributed by atoms with van der Waals surface area (Å²) in [7, 11) is 0. The summed E-state index contributed by atoms with van der Waals surface area (Å²) in [6, 6.07) is 4.07. The molecule has 7 heteroatoms. The Labute approximate surface area is 115 Å². The Kier molecular flexibility index (Phi) is 5.57. The van der Waals surface area contributed by atoms with E-state index in [1.165, 1.54) is 18.2 Å². The number of hydrogen-bond donors (Lipinski definition) is 3. The van der Waals surface area contributed by atoms with E-state index in [4.69, 9.17) is 22.5 Å². The number of nitrogens with two attached hydrogens (primary N) is 1. The molecule has 1 amide bonds. The summed E-state index contributed by atoms with van der Waals surface area (Å²) in [6.45, 7) is 1.85. The van der Waals surface area contributed by atoms with Crippen LogP contribution in [-0.2, 0) is 4.79 Å². The van der Waals surface area contributed by atoms with Crippen molar-refractivity contribution in [1.82, 2.24) is 0 Å². The lowest BCUT2D eigenvalue weighted by Gasteiger charge is -2.15. The van der Waals surface area contributed by atoms with E-state index >= 15 is 0 Å². The van der Waals surface area contributed by atoms with Gasteiger partial charge in [0.2, 0.25) is 5.91 Å². The zero-order chi connectivity index (χ0) is 14.4. The molecule has 0 saturated heterocycles. The van der Waals surface area contributed by atoms with Crippen molar-refractivity contribution in [2.45, 2.75) is 19.8 Å². The minimum atomic E-state index is -0.828. The molecule has 19 heavy (non-hydrogen) atoms. The summed E-state index contributed by atoms with van der Waals surface area (Å²) in [6.07, 6.45) is 1.03. The SMILES string of the molecule is CCCC(C(=O)Nc1c(F)cccc1Cl)/C(N)=N/O. The summed E-state index contributed by atoms with van der Waals surface area (Å²) in [5.41, 5.74) is 5.34. The van der Waals surface area contributed by atoms with Crippen molar-refractivity contribution in [3.05, 3.63) is 29.0 Å². The van der Waals surface area contributed by atoms with Gasteiger partial charge in [-0.05, 0) is 18.6 Å². The number of anilines is 1. The zero-order valence-corrected chi connectivity index (χ0v) is 11.1. The molecule has 1 aromatic carbocycles. The van der Waals surface area contributed by atoms with Crippen LogP contribution in [0.5, 0.6) is 0 Å². The number of hydrogen-bond acceptors (Lipinski definition) is 3. The Morgan fingerprint density at radius 3 is 2.84 bits per heavy atom. The Morgan fingerprint density at radius 2 is 2.32 bits per heavy atom. The molecule has 0 radical (unpaired) electrons. The smallest absolute Gasteiger partial charge is 0.235 e. The average molecular weight is 288 g/mol. The molecule has 0 aliphatic heterocycles. The Balaban J connectivity index is 2.94. The first-order valence-electron chi connectivity index (χ1n) is 5.73. The predicted molar refractivity (Wildman–Crippen MR) is 71.8 cm³/mol. The Morgan fingerprint density at radius 1 is 1.63 bits per heavy atom. The quantitative estimate of drug-likeness (QED) is 0.337. The first-order chi connectivity index (χ1) is 9.01. The monoisotopic (exact) mass is 287 g/mol. The van der Waals surface area contributed by atoms with Crippen LogP contribution in [0.25, 0.3) is 0 Å². The van der Waals surface area contributed by atoms with E-state index in [0.717, 1.165) is 0 Å². The van der Waals surface area contributed by atoms with Gasteiger partial charge >= 0.3 is 0 Å². The lowest BCUT2D eigenvalue weighted by Crippen LogP contribution is -2.34. The van der Waals surface area contributed by atoms with Crippen molar-refractivity contribution in [2.24, 2.45) is 16.8 Å². The summed E-state index contributed by atoms with van der Waals surface area (Å²) < 4.78 is 13.5. The molecule has 1 unspecified atom stereocenters. The number of para-hydroxylation sites is 1. The standard InChI is InChI=1S/C12H15ClFN3O2/c1-2-4-7(11(15)17-19)12(18)16-10-8(13)5-3-6-9(10)14/h3,5-7,19H,2,4H2,1H3,(H2,15,17)(H,16,18). The molecule has 1 aromatic rings. The molecule has 0 aromatic heterocycles. The van der Waals surface area contributed by atoms with Gasteiger partial charge in [0.25, 0.3) is 0 Å². The van der Waals surface area contributed by atoms with Gasteiger partial charge in [-0.3, -0.25) is 4.79 Å². The first-order valence-corrected chi connectivity index (χ1v) is 6.11. The fraction of sp³-hybridized carbons (Fsp3) is 0.333. The third-order valence-electron chi connectivity index (χ3n) is 2.58. The lowest BCUT2D eigenvalue weighted by molar-refractivity contribution is -0.118. The minimum absolute atomic E-state index is 0.0862. The van der Waals surface area contributed by atoms with Crippen LogP contribution in [0.4, 0.5) is 10.1 Å². The van der Waals surface area contributed by atoms with Gasteiger partial charge in [-0.1, -0.05) is 36.2 Å². The number of amides is 1. The molecule has 5 nitrogen and oxygen atoms in total. The van der Waals surface area contributed by atoms with Gasteiger partial charge in [0.1, 0.15) is 5.82 Å². The molecular formula is C12H15ClFN3O2. The van der Waals surface area contributed by atoms with Gasteiger partial charge in [-0.15, -0.1) is 0 Å². The fourth-order valence-corrected chi connectivity index (χ4v) is 1.81. The van der Waals surface area contributed by atoms with Crippen molar-refractivity contribution in [3.8, 4) is 0 Å². The molecule has 104 valence electrons. The van der Waals surface area contributed by atoms with Gasteiger partial charge in [-0.2, -0.15) is 0 Å². The first kappa shape index (κ1) is 15.2. The molecule has 1 atom stereocenters. The topological polar surface area (TPSA) is 87.7 Å². The molecule has 0 bridgehead atoms.